The van der Waals surface area contributed by atoms with E-state index >= 15 is 0 Å². The number of nitrogens with zero attached hydrogens (tertiary/aromatic N) is 3. The number of ether oxygens (including phenoxy) is 2. The Balaban J connectivity index is 1.62. The first-order chi connectivity index (χ1) is 15.9. The van der Waals surface area contributed by atoms with E-state index in [0.717, 1.165) is 11.6 Å². The van der Waals surface area contributed by atoms with E-state index in [1.54, 1.807) is 30.3 Å². The van der Waals surface area contributed by atoms with Crippen LogP contribution in [0, 0.1) is 20.2 Å². The summed E-state index contributed by atoms with van der Waals surface area (Å²) in [6.45, 7) is 0.182. The van der Waals surface area contributed by atoms with Gasteiger partial charge in [-0.05, 0) is 47.5 Å². The lowest BCUT2D eigenvalue weighted by Gasteiger charge is -2.11. The maximum absolute atomic E-state index is 12.1. The fourth-order valence-electron chi connectivity index (χ4n) is 2.75. The number of hydrogen-bond acceptors (Lipinski definition) is 8. The number of nitro benzene ring substituents is 2. The van der Waals surface area contributed by atoms with Crippen LogP contribution in [0.5, 0.6) is 11.5 Å². The molecule has 0 aliphatic heterocycles. The maximum atomic E-state index is 12.1. The molecule has 3 rings (SSSR count). The molecule has 168 valence electrons. The highest BCUT2D eigenvalue weighted by molar-refractivity contribution is 5.95. The fraction of sp³-hybridized carbons (Fsp3) is 0.0909. The molecule has 33 heavy (non-hydrogen) atoms. The highest BCUT2D eigenvalue weighted by atomic mass is 16.6. The second-order valence-electron chi connectivity index (χ2n) is 6.63. The van der Waals surface area contributed by atoms with E-state index in [1.807, 2.05) is 0 Å². The zero-order chi connectivity index (χ0) is 23.8. The molecule has 0 aliphatic rings. The first-order valence-electron chi connectivity index (χ1n) is 9.49. The molecule has 11 nitrogen and oxygen atoms in total. The third kappa shape index (κ3) is 6.10. The number of hydrogen-bond donors (Lipinski definition) is 1. The lowest BCUT2D eigenvalue weighted by Crippen LogP contribution is -2.17. The van der Waals surface area contributed by atoms with Crippen molar-refractivity contribution in [2.75, 3.05) is 7.11 Å². The number of nitro groups is 2. The normalized spacial score (nSPS) is 10.6. The standard InChI is InChI=1S/C22H18N4O7/c1-32-21-11-16(13-23-24-22(27)17-3-2-4-19(12-17)26(30)31)7-10-20(21)33-14-15-5-8-18(9-6-15)25(28)29/h2-13H,14H2,1H3,(H,24,27)/b23-13-. The average molecular weight is 450 g/mol. The first kappa shape index (κ1) is 22.9. The number of benzene rings is 3. The molecule has 0 saturated carbocycles. The predicted molar refractivity (Wildman–Crippen MR) is 119 cm³/mol. The second-order valence-corrected chi connectivity index (χ2v) is 6.63. The Morgan fingerprint density at radius 1 is 0.970 bits per heavy atom. The number of hydrazone groups is 1. The lowest BCUT2D eigenvalue weighted by molar-refractivity contribution is -0.385. The topological polar surface area (TPSA) is 146 Å². The van der Waals surface area contributed by atoms with Crippen molar-refractivity contribution in [1.29, 1.82) is 0 Å². The van der Waals surface area contributed by atoms with E-state index in [-0.39, 0.29) is 23.5 Å². The monoisotopic (exact) mass is 450 g/mol. The molecule has 1 amide bonds. The van der Waals surface area contributed by atoms with Gasteiger partial charge in [0, 0.05) is 29.8 Å². The quantitative estimate of drug-likeness (QED) is 0.296. The van der Waals surface area contributed by atoms with Gasteiger partial charge in [0.25, 0.3) is 17.3 Å². The molecule has 0 unspecified atom stereocenters. The number of nitrogens with one attached hydrogen (secondary N) is 1. The minimum atomic E-state index is -0.593. The summed E-state index contributed by atoms with van der Waals surface area (Å²) in [5, 5.41) is 25.4. The number of carbonyl (C=O) groups is 1. The van der Waals surface area contributed by atoms with Crippen molar-refractivity contribution in [3.05, 3.63) is 104 Å². The summed E-state index contributed by atoms with van der Waals surface area (Å²) in [6.07, 6.45) is 1.39. The highest BCUT2D eigenvalue weighted by Gasteiger charge is 2.11. The summed E-state index contributed by atoms with van der Waals surface area (Å²) in [6, 6.07) is 16.3. The SMILES string of the molecule is COc1cc(/C=N\NC(=O)c2cccc([N+](=O)[O-])c2)ccc1OCc1ccc([N+](=O)[O-])cc1. The molecular formula is C22H18N4O7. The highest BCUT2D eigenvalue weighted by Crippen LogP contribution is 2.28. The van der Waals surface area contributed by atoms with Crippen LogP contribution in [0.25, 0.3) is 0 Å². The summed E-state index contributed by atoms with van der Waals surface area (Å²) in [4.78, 5) is 32.6. The molecule has 0 atom stereocenters. The first-order valence-corrected chi connectivity index (χ1v) is 9.49. The summed E-state index contributed by atoms with van der Waals surface area (Å²) < 4.78 is 11.1. The molecule has 0 bridgehead atoms. The molecular weight excluding hydrogens is 432 g/mol. The third-order valence-electron chi connectivity index (χ3n) is 4.43. The van der Waals surface area contributed by atoms with E-state index in [4.69, 9.17) is 9.47 Å². The fourth-order valence-corrected chi connectivity index (χ4v) is 2.75. The second kappa shape index (κ2) is 10.5. The van der Waals surface area contributed by atoms with Crippen LogP contribution in [0.3, 0.4) is 0 Å². The number of methoxy groups -OCH3 is 1. The van der Waals surface area contributed by atoms with Crippen molar-refractivity contribution in [2.45, 2.75) is 6.61 Å². The van der Waals surface area contributed by atoms with Gasteiger partial charge >= 0.3 is 0 Å². The molecule has 0 aliphatic carbocycles. The summed E-state index contributed by atoms with van der Waals surface area (Å²) in [5.41, 5.74) is 3.57. The van der Waals surface area contributed by atoms with Crippen LogP contribution in [0.15, 0.2) is 71.8 Å². The number of amides is 1. The van der Waals surface area contributed by atoms with Crippen molar-refractivity contribution in [3.63, 3.8) is 0 Å². The largest absolute Gasteiger partial charge is 0.493 e. The minimum absolute atomic E-state index is 0.00227. The molecule has 0 spiro atoms. The summed E-state index contributed by atoms with van der Waals surface area (Å²) in [7, 11) is 1.47. The average Bonchev–Trinajstić information content (AvgIpc) is 2.83. The molecule has 0 heterocycles. The Kier molecular flexibility index (Phi) is 7.27. The zero-order valence-electron chi connectivity index (χ0n) is 17.3. The number of carbonyl (C=O) groups excluding carboxylic acids is 1. The van der Waals surface area contributed by atoms with E-state index in [0.29, 0.717) is 17.1 Å². The smallest absolute Gasteiger partial charge is 0.271 e. The van der Waals surface area contributed by atoms with E-state index in [9.17, 15) is 25.0 Å². The van der Waals surface area contributed by atoms with Gasteiger partial charge < -0.3 is 9.47 Å². The van der Waals surface area contributed by atoms with Gasteiger partial charge in [-0.2, -0.15) is 5.10 Å². The number of non-ortho nitro benzene ring substituents is 2. The van der Waals surface area contributed by atoms with Gasteiger partial charge in [0.05, 0.1) is 23.2 Å². The molecule has 11 heteroatoms. The van der Waals surface area contributed by atoms with Crippen LogP contribution in [-0.4, -0.2) is 29.1 Å². The number of rotatable bonds is 9. The Hall–Kier alpha value is -4.80. The van der Waals surface area contributed by atoms with Crippen LogP contribution in [0.2, 0.25) is 0 Å². The zero-order valence-corrected chi connectivity index (χ0v) is 17.3. The molecule has 0 fully saturated rings. The molecule has 0 saturated heterocycles. The molecule has 1 N–H and O–H groups in total. The molecule has 3 aromatic carbocycles. The van der Waals surface area contributed by atoms with Crippen LogP contribution in [0.4, 0.5) is 11.4 Å². The van der Waals surface area contributed by atoms with Gasteiger partial charge in [0.1, 0.15) is 6.61 Å². The van der Waals surface area contributed by atoms with Gasteiger partial charge in [0.2, 0.25) is 0 Å². The van der Waals surface area contributed by atoms with Crippen molar-refractivity contribution in [3.8, 4) is 11.5 Å². The van der Waals surface area contributed by atoms with Gasteiger partial charge in [-0.25, -0.2) is 5.43 Å². The Labute approximate surface area is 187 Å². The predicted octanol–water partition coefficient (Wildman–Crippen LogP) is 3.85. The van der Waals surface area contributed by atoms with E-state index in [2.05, 4.69) is 10.5 Å². The summed E-state index contributed by atoms with van der Waals surface area (Å²) in [5.74, 6) is 0.282. The van der Waals surface area contributed by atoms with Crippen molar-refractivity contribution in [2.24, 2.45) is 5.10 Å². The van der Waals surface area contributed by atoms with Gasteiger partial charge in [-0.15, -0.1) is 0 Å². The molecule has 3 aromatic rings. The van der Waals surface area contributed by atoms with Crippen LogP contribution >= 0.6 is 0 Å². The van der Waals surface area contributed by atoms with Crippen LogP contribution in [-0.2, 0) is 6.61 Å². The van der Waals surface area contributed by atoms with E-state index in [1.165, 1.54) is 43.7 Å². The third-order valence-corrected chi connectivity index (χ3v) is 4.43. The van der Waals surface area contributed by atoms with E-state index < -0.39 is 15.8 Å². The Morgan fingerprint density at radius 2 is 1.70 bits per heavy atom. The molecule has 0 aromatic heterocycles. The maximum Gasteiger partial charge on any atom is 0.271 e. The molecule has 0 radical (unpaired) electrons. The Morgan fingerprint density at radius 3 is 2.36 bits per heavy atom. The van der Waals surface area contributed by atoms with Crippen LogP contribution in [0.1, 0.15) is 21.5 Å². The Bertz CT molecular complexity index is 1210. The van der Waals surface area contributed by atoms with Crippen molar-refractivity contribution in [1.82, 2.24) is 5.43 Å². The van der Waals surface area contributed by atoms with Gasteiger partial charge in [0.15, 0.2) is 11.5 Å². The summed E-state index contributed by atoms with van der Waals surface area (Å²) >= 11 is 0. The van der Waals surface area contributed by atoms with Crippen LogP contribution < -0.4 is 14.9 Å². The van der Waals surface area contributed by atoms with Gasteiger partial charge in [-0.1, -0.05) is 6.07 Å². The van der Waals surface area contributed by atoms with Crippen molar-refractivity contribution >= 4 is 23.5 Å². The van der Waals surface area contributed by atoms with Crippen molar-refractivity contribution < 1.29 is 24.1 Å². The lowest BCUT2D eigenvalue weighted by atomic mass is 10.2. The van der Waals surface area contributed by atoms with Gasteiger partial charge in [-0.3, -0.25) is 25.0 Å². The minimum Gasteiger partial charge on any atom is -0.493 e.